The molecule has 1 heterocycles. The Morgan fingerprint density at radius 1 is 1.14 bits per heavy atom. The van der Waals surface area contributed by atoms with E-state index in [0.717, 1.165) is 25.2 Å². The summed E-state index contributed by atoms with van der Waals surface area (Å²) in [6, 6.07) is 5.66. The number of nitrogens with zero attached hydrogens (tertiary/aromatic N) is 1. The Balaban J connectivity index is 2.22. The maximum atomic E-state index is 11.1. The van der Waals surface area contributed by atoms with E-state index in [0.29, 0.717) is 30.3 Å². The summed E-state index contributed by atoms with van der Waals surface area (Å²) in [4.78, 5) is 2.42. The molecule has 1 aromatic rings. The Bertz CT molecular complexity index is 443. The van der Waals surface area contributed by atoms with Crippen LogP contribution in [0.3, 0.4) is 0 Å². The van der Waals surface area contributed by atoms with Crippen LogP contribution in [0.25, 0.3) is 0 Å². The fourth-order valence-electron chi connectivity index (χ4n) is 3.18. The molecule has 4 heteroatoms. The highest BCUT2D eigenvalue weighted by molar-refractivity contribution is 5.48. The van der Waals surface area contributed by atoms with E-state index in [4.69, 9.17) is 9.47 Å². The van der Waals surface area contributed by atoms with Gasteiger partial charge in [-0.05, 0) is 30.9 Å². The number of likely N-dealkylation sites (tertiary alicyclic amines) is 1. The molecular formula is C17H27NO3. The highest BCUT2D eigenvalue weighted by Gasteiger charge is 2.38. The Labute approximate surface area is 127 Å². The van der Waals surface area contributed by atoms with Crippen molar-refractivity contribution in [2.75, 3.05) is 33.9 Å². The smallest absolute Gasteiger partial charge is 0.128 e. The highest BCUT2D eigenvalue weighted by atomic mass is 16.5. The van der Waals surface area contributed by atoms with E-state index in [9.17, 15) is 5.11 Å². The first-order chi connectivity index (χ1) is 10.00. The van der Waals surface area contributed by atoms with Crippen molar-refractivity contribution < 1.29 is 14.6 Å². The fraction of sp³-hybridized carbons (Fsp3) is 0.647. The molecule has 1 aliphatic rings. The number of hydrogen-bond donors (Lipinski definition) is 1. The van der Waals surface area contributed by atoms with Crippen molar-refractivity contribution in [2.24, 2.45) is 5.92 Å². The molecule has 0 radical (unpaired) electrons. The molecule has 118 valence electrons. The zero-order chi connectivity index (χ0) is 15.5. The van der Waals surface area contributed by atoms with Crippen LogP contribution in [0.1, 0.15) is 32.3 Å². The topological polar surface area (TPSA) is 41.9 Å². The summed E-state index contributed by atoms with van der Waals surface area (Å²) in [6.07, 6.45) is 1.41. The van der Waals surface area contributed by atoms with Crippen LogP contribution in [0.5, 0.6) is 11.5 Å². The standard InChI is InChI=1S/C17H27NO3/c1-13(2)12-18-10-8-17(19,9-11-18)16-14(20-3)6-5-7-15(16)21-4/h5-7,13,19H,8-12H2,1-4H3. The number of aliphatic hydroxyl groups is 1. The van der Waals surface area contributed by atoms with Gasteiger partial charge in [-0.25, -0.2) is 0 Å². The van der Waals surface area contributed by atoms with Crippen molar-refractivity contribution >= 4 is 0 Å². The van der Waals surface area contributed by atoms with Gasteiger partial charge in [-0.1, -0.05) is 19.9 Å². The Hall–Kier alpha value is -1.26. The lowest BCUT2D eigenvalue weighted by molar-refractivity contribution is -0.0309. The van der Waals surface area contributed by atoms with Gasteiger partial charge in [0, 0.05) is 19.6 Å². The molecule has 0 aromatic heterocycles. The molecule has 0 unspecified atom stereocenters. The predicted molar refractivity (Wildman–Crippen MR) is 84.0 cm³/mol. The van der Waals surface area contributed by atoms with Gasteiger partial charge in [0.2, 0.25) is 0 Å². The summed E-state index contributed by atoms with van der Waals surface area (Å²) in [5.74, 6) is 2.06. The van der Waals surface area contributed by atoms with Crippen LogP contribution in [0.15, 0.2) is 18.2 Å². The molecule has 1 fully saturated rings. The number of benzene rings is 1. The Morgan fingerprint density at radius 2 is 1.67 bits per heavy atom. The van der Waals surface area contributed by atoms with Gasteiger partial charge in [-0.3, -0.25) is 0 Å². The number of piperidine rings is 1. The first kappa shape index (κ1) is 16.1. The first-order valence-electron chi connectivity index (χ1n) is 7.66. The zero-order valence-corrected chi connectivity index (χ0v) is 13.6. The molecule has 0 amide bonds. The third-order valence-electron chi connectivity index (χ3n) is 4.20. The van der Waals surface area contributed by atoms with E-state index in [1.165, 1.54) is 0 Å². The summed E-state index contributed by atoms with van der Waals surface area (Å²) in [7, 11) is 3.27. The average Bonchev–Trinajstić information content (AvgIpc) is 2.48. The number of rotatable bonds is 5. The largest absolute Gasteiger partial charge is 0.496 e. The molecule has 1 saturated heterocycles. The quantitative estimate of drug-likeness (QED) is 0.906. The molecule has 0 saturated carbocycles. The fourth-order valence-corrected chi connectivity index (χ4v) is 3.18. The molecule has 1 aliphatic heterocycles. The lowest BCUT2D eigenvalue weighted by Crippen LogP contribution is -2.44. The minimum Gasteiger partial charge on any atom is -0.496 e. The second-order valence-corrected chi connectivity index (χ2v) is 6.26. The van der Waals surface area contributed by atoms with E-state index < -0.39 is 5.60 Å². The average molecular weight is 293 g/mol. The van der Waals surface area contributed by atoms with Crippen molar-refractivity contribution in [1.29, 1.82) is 0 Å². The van der Waals surface area contributed by atoms with Gasteiger partial charge >= 0.3 is 0 Å². The van der Waals surface area contributed by atoms with E-state index in [2.05, 4.69) is 18.7 Å². The van der Waals surface area contributed by atoms with Gasteiger partial charge in [0.25, 0.3) is 0 Å². The molecule has 0 bridgehead atoms. The summed E-state index contributed by atoms with van der Waals surface area (Å²) >= 11 is 0. The Kier molecular flexibility index (Phi) is 5.12. The molecule has 0 spiro atoms. The van der Waals surface area contributed by atoms with Crippen molar-refractivity contribution in [3.05, 3.63) is 23.8 Å². The number of methoxy groups -OCH3 is 2. The van der Waals surface area contributed by atoms with Crippen molar-refractivity contribution in [3.8, 4) is 11.5 Å². The van der Waals surface area contributed by atoms with Crippen LogP contribution in [-0.4, -0.2) is 43.9 Å². The van der Waals surface area contributed by atoms with Gasteiger partial charge in [-0.2, -0.15) is 0 Å². The maximum Gasteiger partial charge on any atom is 0.128 e. The zero-order valence-electron chi connectivity index (χ0n) is 13.6. The van der Waals surface area contributed by atoms with Gasteiger partial charge < -0.3 is 19.5 Å². The molecule has 4 nitrogen and oxygen atoms in total. The number of hydrogen-bond acceptors (Lipinski definition) is 4. The molecule has 1 N–H and O–H groups in total. The third kappa shape index (κ3) is 3.50. The molecule has 0 atom stereocenters. The van der Waals surface area contributed by atoms with Crippen LogP contribution >= 0.6 is 0 Å². The lowest BCUT2D eigenvalue weighted by atomic mass is 9.83. The normalized spacial score (nSPS) is 18.8. The molecule has 1 aromatic carbocycles. The highest BCUT2D eigenvalue weighted by Crippen LogP contribution is 2.43. The van der Waals surface area contributed by atoms with E-state index >= 15 is 0 Å². The summed E-state index contributed by atoms with van der Waals surface area (Å²) in [5, 5.41) is 11.1. The molecular weight excluding hydrogens is 266 g/mol. The van der Waals surface area contributed by atoms with Crippen LogP contribution in [-0.2, 0) is 5.60 Å². The lowest BCUT2D eigenvalue weighted by Gasteiger charge is -2.40. The van der Waals surface area contributed by atoms with Gasteiger partial charge in [-0.15, -0.1) is 0 Å². The SMILES string of the molecule is COc1cccc(OC)c1C1(O)CCN(CC(C)C)CC1. The first-order valence-corrected chi connectivity index (χ1v) is 7.66. The van der Waals surface area contributed by atoms with Crippen molar-refractivity contribution in [2.45, 2.75) is 32.3 Å². The molecule has 21 heavy (non-hydrogen) atoms. The van der Waals surface area contributed by atoms with Gasteiger partial charge in [0.15, 0.2) is 0 Å². The molecule has 2 rings (SSSR count). The molecule has 0 aliphatic carbocycles. The van der Waals surface area contributed by atoms with E-state index in [1.807, 2.05) is 18.2 Å². The maximum absolute atomic E-state index is 11.1. The monoisotopic (exact) mass is 293 g/mol. The van der Waals surface area contributed by atoms with Crippen molar-refractivity contribution in [1.82, 2.24) is 4.90 Å². The third-order valence-corrected chi connectivity index (χ3v) is 4.20. The predicted octanol–water partition coefficient (Wildman–Crippen LogP) is 2.64. The minimum atomic E-state index is -0.870. The van der Waals surface area contributed by atoms with Crippen LogP contribution in [0.2, 0.25) is 0 Å². The second kappa shape index (κ2) is 6.67. The van der Waals surface area contributed by atoms with Crippen LogP contribution < -0.4 is 9.47 Å². The van der Waals surface area contributed by atoms with Crippen LogP contribution in [0.4, 0.5) is 0 Å². The van der Waals surface area contributed by atoms with Crippen molar-refractivity contribution in [3.63, 3.8) is 0 Å². The van der Waals surface area contributed by atoms with E-state index in [-0.39, 0.29) is 0 Å². The van der Waals surface area contributed by atoms with Gasteiger partial charge in [0.05, 0.1) is 25.4 Å². The number of ether oxygens (including phenoxy) is 2. The Morgan fingerprint density at radius 3 is 2.10 bits per heavy atom. The summed E-state index contributed by atoms with van der Waals surface area (Å²) < 4.78 is 10.9. The van der Waals surface area contributed by atoms with E-state index in [1.54, 1.807) is 14.2 Å². The summed E-state index contributed by atoms with van der Waals surface area (Å²) in [6.45, 7) is 7.33. The van der Waals surface area contributed by atoms with Crippen LogP contribution in [0, 0.1) is 5.92 Å². The van der Waals surface area contributed by atoms with Gasteiger partial charge in [0.1, 0.15) is 11.5 Å². The minimum absolute atomic E-state index is 0.650. The second-order valence-electron chi connectivity index (χ2n) is 6.26. The summed E-state index contributed by atoms with van der Waals surface area (Å²) in [5.41, 5.74) is -0.0787.